The molecule has 0 aliphatic carbocycles. The zero-order valence-electron chi connectivity index (χ0n) is 27.3. The lowest BCUT2D eigenvalue weighted by Gasteiger charge is -2.31. The van der Waals surface area contributed by atoms with Gasteiger partial charge >= 0.3 is 0 Å². The second kappa shape index (κ2) is 13.0. The summed E-state index contributed by atoms with van der Waals surface area (Å²) in [7, 11) is 0. The third-order valence-electron chi connectivity index (χ3n) is 9.31. The van der Waals surface area contributed by atoms with Crippen molar-refractivity contribution in [2.45, 2.75) is 0 Å². The van der Waals surface area contributed by atoms with Gasteiger partial charge < -0.3 is 4.90 Å². The average molecular weight is 657 g/mol. The van der Waals surface area contributed by atoms with Crippen LogP contribution in [0.25, 0.3) is 64.8 Å². The van der Waals surface area contributed by atoms with E-state index in [0.717, 1.165) is 50.6 Å². The van der Waals surface area contributed by atoms with Crippen LogP contribution in [0.3, 0.4) is 0 Å². The number of pyridine rings is 1. The van der Waals surface area contributed by atoms with Crippen LogP contribution in [-0.2, 0) is 0 Å². The number of anilines is 3. The molecule has 0 amide bonds. The van der Waals surface area contributed by atoms with Gasteiger partial charge in [-0.3, -0.25) is 4.98 Å². The maximum atomic E-state index is 5.05. The molecular formula is C47H32N2S. The van der Waals surface area contributed by atoms with Crippen molar-refractivity contribution < 1.29 is 0 Å². The lowest BCUT2D eigenvalue weighted by Crippen LogP contribution is -2.13. The van der Waals surface area contributed by atoms with Gasteiger partial charge in [-0.05, 0) is 64.7 Å². The first kappa shape index (κ1) is 29.8. The molecule has 9 rings (SSSR count). The van der Waals surface area contributed by atoms with Crippen molar-refractivity contribution in [2.75, 3.05) is 4.90 Å². The molecule has 7 aromatic carbocycles. The molecule has 0 aliphatic rings. The molecule has 2 aromatic heterocycles. The Labute approximate surface area is 296 Å². The minimum absolute atomic E-state index is 0.945. The van der Waals surface area contributed by atoms with Crippen LogP contribution in [0.2, 0.25) is 0 Å². The van der Waals surface area contributed by atoms with E-state index in [1.54, 1.807) is 0 Å². The molecular weight excluding hydrogens is 625 g/mol. The molecule has 236 valence electrons. The number of thiophene rings is 1. The molecule has 0 saturated heterocycles. The molecule has 0 N–H and O–H groups in total. The van der Waals surface area contributed by atoms with Crippen LogP contribution in [0, 0.1) is 0 Å². The molecule has 2 nitrogen and oxygen atoms in total. The minimum atomic E-state index is 0.945. The Kier molecular flexibility index (Phi) is 7.73. The summed E-state index contributed by atoms with van der Waals surface area (Å²) >= 11 is 1.84. The van der Waals surface area contributed by atoms with E-state index >= 15 is 0 Å². The number of rotatable bonds is 7. The molecule has 2 heterocycles. The van der Waals surface area contributed by atoms with Crippen molar-refractivity contribution >= 4 is 48.6 Å². The summed E-state index contributed by atoms with van der Waals surface area (Å²) < 4.78 is 2.55. The third-order valence-corrected chi connectivity index (χ3v) is 10.4. The molecule has 0 radical (unpaired) electrons. The van der Waals surface area contributed by atoms with Gasteiger partial charge in [0.25, 0.3) is 0 Å². The van der Waals surface area contributed by atoms with Gasteiger partial charge in [-0.15, -0.1) is 11.3 Å². The second-order valence-electron chi connectivity index (χ2n) is 12.4. The van der Waals surface area contributed by atoms with Crippen LogP contribution >= 0.6 is 11.3 Å². The number of benzene rings is 7. The van der Waals surface area contributed by atoms with Crippen molar-refractivity contribution in [3.05, 3.63) is 194 Å². The lowest BCUT2D eigenvalue weighted by atomic mass is 9.90. The molecule has 0 spiro atoms. The maximum absolute atomic E-state index is 5.05. The normalized spacial score (nSPS) is 11.2. The number of nitrogens with zero attached hydrogens (tertiary/aromatic N) is 2. The molecule has 9 aromatic rings. The quantitative estimate of drug-likeness (QED) is 0.170. The van der Waals surface area contributed by atoms with E-state index in [4.69, 9.17) is 4.98 Å². The SMILES string of the molecule is c1ccc(-c2cc(-c3ccccc3)c(N(c3ccc(-c4ccccc4)nc3)c3ccc4c(c3)sc3ccccc34)c(-c3ccccc3)c2)cc1. The highest BCUT2D eigenvalue weighted by atomic mass is 32.1. The van der Waals surface area contributed by atoms with Crippen molar-refractivity contribution in [1.82, 2.24) is 4.98 Å². The fourth-order valence-corrected chi connectivity index (χ4v) is 8.05. The number of aromatic nitrogens is 1. The molecule has 0 unspecified atom stereocenters. The number of hydrogen-bond donors (Lipinski definition) is 0. The lowest BCUT2D eigenvalue weighted by molar-refractivity contribution is 1.23. The monoisotopic (exact) mass is 656 g/mol. The van der Waals surface area contributed by atoms with E-state index in [9.17, 15) is 0 Å². The van der Waals surface area contributed by atoms with Gasteiger partial charge in [0.05, 0.1) is 23.3 Å². The van der Waals surface area contributed by atoms with Crippen molar-refractivity contribution in [1.29, 1.82) is 0 Å². The van der Waals surface area contributed by atoms with Gasteiger partial charge in [0.1, 0.15) is 0 Å². The van der Waals surface area contributed by atoms with Crippen LogP contribution in [0.1, 0.15) is 0 Å². The fraction of sp³-hybridized carbons (Fsp3) is 0. The van der Waals surface area contributed by atoms with Crippen LogP contribution in [-0.4, -0.2) is 4.98 Å². The second-order valence-corrected chi connectivity index (χ2v) is 13.5. The zero-order valence-corrected chi connectivity index (χ0v) is 28.1. The smallest absolute Gasteiger partial charge is 0.0703 e. The van der Waals surface area contributed by atoms with Gasteiger partial charge in [-0.25, -0.2) is 0 Å². The number of fused-ring (bicyclic) bond motifs is 3. The summed E-state index contributed by atoms with van der Waals surface area (Å²) in [5, 5.41) is 2.57. The Balaban J connectivity index is 1.35. The van der Waals surface area contributed by atoms with E-state index in [2.05, 4.69) is 187 Å². The van der Waals surface area contributed by atoms with Gasteiger partial charge in [0.2, 0.25) is 0 Å². The summed E-state index contributed by atoms with van der Waals surface area (Å²) in [5.41, 5.74) is 12.2. The first-order chi connectivity index (χ1) is 24.8. The van der Waals surface area contributed by atoms with Gasteiger partial charge in [-0.2, -0.15) is 0 Å². The summed E-state index contributed by atoms with van der Waals surface area (Å²) in [5.74, 6) is 0. The largest absolute Gasteiger partial charge is 0.308 e. The Morgan fingerprint density at radius 3 is 1.50 bits per heavy atom. The topological polar surface area (TPSA) is 16.1 Å². The Morgan fingerprint density at radius 1 is 0.380 bits per heavy atom. The molecule has 0 atom stereocenters. The molecule has 0 fully saturated rings. The van der Waals surface area contributed by atoms with Crippen LogP contribution in [0.4, 0.5) is 17.1 Å². The van der Waals surface area contributed by atoms with Crippen molar-refractivity contribution in [3.63, 3.8) is 0 Å². The standard InChI is InChI=1S/C47H32N2S/c1-5-15-33(16-6-1)37-29-42(34-17-7-2-8-18-34)47(43(30-37)35-19-9-3-10-20-35)49(39-26-28-44(48-32-39)36-21-11-4-12-22-36)38-25-27-41-40-23-13-14-24-45(40)50-46(41)31-38/h1-32H. The first-order valence-electron chi connectivity index (χ1n) is 16.9. The minimum Gasteiger partial charge on any atom is -0.308 e. The zero-order chi connectivity index (χ0) is 33.3. The highest BCUT2D eigenvalue weighted by Crippen LogP contribution is 2.49. The summed E-state index contributed by atoms with van der Waals surface area (Å²) in [6, 6.07) is 67.2. The Morgan fingerprint density at radius 2 is 0.900 bits per heavy atom. The van der Waals surface area contributed by atoms with Crippen molar-refractivity contribution in [3.8, 4) is 44.6 Å². The van der Waals surface area contributed by atoms with Crippen molar-refractivity contribution in [2.24, 2.45) is 0 Å². The number of hydrogen-bond acceptors (Lipinski definition) is 3. The summed E-state index contributed by atoms with van der Waals surface area (Å²) in [6.07, 6.45) is 2.02. The van der Waals surface area contributed by atoms with Crippen LogP contribution < -0.4 is 4.90 Å². The van der Waals surface area contributed by atoms with E-state index in [0.29, 0.717) is 0 Å². The summed E-state index contributed by atoms with van der Waals surface area (Å²) in [6.45, 7) is 0. The predicted octanol–water partition coefficient (Wildman–Crippen LogP) is 13.6. The van der Waals surface area contributed by atoms with Crippen LogP contribution in [0.15, 0.2) is 194 Å². The average Bonchev–Trinajstić information content (AvgIpc) is 3.57. The molecule has 50 heavy (non-hydrogen) atoms. The molecule has 0 aliphatic heterocycles. The first-order valence-corrected chi connectivity index (χ1v) is 17.7. The Bertz CT molecular complexity index is 2500. The van der Waals surface area contributed by atoms with E-state index in [1.165, 1.54) is 31.3 Å². The molecule has 0 saturated carbocycles. The maximum Gasteiger partial charge on any atom is 0.0703 e. The van der Waals surface area contributed by atoms with E-state index in [1.807, 2.05) is 23.6 Å². The highest BCUT2D eigenvalue weighted by molar-refractivity contribution is 7.25. The van der Waals surface area contributed by atoms with Gasteiger partial charge in [-0.1, -0.05) is 146 Å². The fourth-order valence-electron chi connectivity index (χ4n) is 6.91. The van der Waals surface area contributed by atoms with Crippen LogP contribution in [0.5, 0.6) is 0 Å². The highest BCUT2D eigenvalue weighted by Gasteiger charge is 2.24. The van der Waals surface area contributed by atoms with E-state index in [-0.39, 0.29) is 0 Å². The van der Waals surface area contributed by atoms with Gasteiger partial charge in [0, 0.05) is 42.6 Å². The van der Waals surface area contributed by atoms with E-state index < -0.39 is 0 Å². The molecule has 0 bridgehead atoms. The third kappa shape index (κ3) is 5.54. The van der Waals surface area contributed by atoms with Gasteiger partial charge in [0.15, 0.2) is 0 Å². The Hall–Kier alpha value is -6.29. The molecule has 3 heteroatoms. The summed E-state index contributed by atoms with van der Waals surface area (Å²) in [4.78, 5) is 7.46. The predicted molar refractivity (Wildman–Crippen MR) is 214 cm³/mol.